The van der Waals surface area contributed by atoms with Crippen LogP contribution in [0.15, 0.2) is 88.7 Å². The molecule has 0 amide bonds. The molecule has 19 heterocycles. The lowest BCUT2D eigenvalue weighted by atomic mass is 10.2. The van der Waals surface area contributed by atoms with Gasteiger partial charge in [0.15, 0.2) is 62.9 Å². The summed E-state index contributed by atoms with van der Waals surface area (Å²) in [5, 5.41) is 0. The number of aromatic nitrogens is 24. The Morgan fingerprint density at radius 2 is 0.600 bits per heavy atom. The molecule has 812 valence electrons. The minimum Gasteiger partial charge on any atom is -0.780 e. The Kier molecular flexibility index (Phi) is 31.8. The molecule has 12 aromatic rings. The zero-order valence-electron chi connectivity index (χ0n) is 77.1. The number of nitrogens with two attached hydrogens (primary N) is 5. The molecule has 65 nitrogen and oxygen atoms in total. The molecular weight excluding hydrogens is 2280 g/mol. The number of nitrogens with zero attached hydrogens (tertiary/aromatic N) is 18. The molecule has 7 aliphatic heterocycles. The van der Waals surface area contributed by atoms with E-state index in [9.17, 15) is 62.5 Å². The lowest BCUT2D eigenvalue weighted by molar-refractivity contribution is -0.221. The smallest absolute Gasteiger partial charge is 0.330 e. The van der Waals surface area contributed by atoms with Crippen molar-refractivity contribution in [1.29, 1.82) is 0 Å². The number of imidazole rings is 5. The van der Waals surface area contributed by atoms with E-state index in [1.165, 1.54) is 68.2 Å². The van der Waals surface area contributed by atoms with E-state index in [4.69, 9.17) is 208 Å². The fraction of sp³-hybridized carbons (Fsp3) is 0.535. The molecule has 14 unspecified atom stereocenters. The lowest BCUT2D eigenvalue weighted by Gasteiger charge is -2.36. The summed E-state index contributed by atoms with van der Waals surface area (Å²) in [5.41, 5.74) is 22.9. The highest BCUT2D eigenvalue weighted by molar-refractivity contribution is 8.32. The molecule has 16 N–H and O–H groups in total. The summed E-state index contributed by atoms with van der Waals surface area (Å²) in [6.45, 7) is -34.6. The number of anilines is 5. The number of nitrogens with one attached hydrogen (secondary N) is 6. The number of hydrogen-bond acceptors (Lipinski definition) is 59. The van der Waals surface area contributed by atoms with Crippen molar-refractivity contribution < 1.29 is 130 Å². The van der Waals surface area contributed by atoms with Crippen LogP contribution in [-0.2, 0) is 184 Å². The summed E-state index contributed by atoms with van der Waals surface area (Å²) in [6.07, 6.45) is -21.5. The molecule has 0 radical (unpaired) electrons. The maximum absolute atomic E-state index is 15.1. The highest BCUT2D eigenvalue weighted by atomic mass is 32.7. The third kappa shape index (κ3) is 24.3. The summed E-state index contributed by atoms with van der Waals surface area (Å²) in [4.78, 5) is 251. The van der Waals surface area contributed by atoms with Crippen LogP contribution in [0, 0.1) is 13.8 Å². The van der Waals surface area contributed by atoms with Crippen LogP contribution in [0.25, 0.3) is 55.8 Å². The van der Waals surface area contributed by atoms with Crippen LogP contribution in [0.2, 0.25) is 0 Å². The Bertz CT molecular complexity index is 8140. The maximum Gasteiger partial charge on any atom is 0.330 e. The minimum absolute atomic E-state index is 0.00250. The van der Waals surface area contributed by atoms with Crippen LogP contribution in [0.3, 0.4) is 0 Å². The van der Waals surface area contributed by atoms with Gasteiger partial charge >= 0.3 is 11.4 Å². The van der Waals surface area contributed by atoms with Crippen LogP contribution in [0.5, 0.6) is 0 Å². The van der Waals surface area contributed by atoms with Gasteiger partial charge in [-0.2, -0.15) is 19.9 Å². The standard InChI is InChI=1S/C71H90N29O36P7S7/c1-26-12-94(70(107)92-60(26)101)42-5-29(28(3)123-42)130-138(110,145)117-16-38-32(8-45(126-38)97-22-80-50-56(97)84-66(73)88-62(50)103)133-142(114,149)121-19-41-35(11-48(129-41)100-25-83-53-59(100)87-69(76)91-65(53)106)136-143(115,150)122-18-40-34(10-47(128-40)99-24-82-52-58(99)86-68(75)90-64(52)105)135-141(113,148)119-15-37-31(6-43(124-37)95-13-27(2)61(102)93-71(95)108)132-139(111,146)120-17-39-33(9-46(127-39)98-23-81-51-57(98)85-67(74)89-63(51)104)134-140(112,147)118-14-36-30(131-137(109,144)116-4)7-44(125-36)96-21-79-49-54(72)77-20-78-55(49)96/h12-13,20-25,28-48H,5-11,14-19H2,1-4H3,(H,109,144)(H,110,145)(H,111,146)(H,112,147)(H,113,148)(H,114,149)(H,115,150)(H2,72,77,78)(H,92,101,107)(H,93,102,108)(H3,73,84,88,103)(H3,74,85,89,104)(H3,75,86,90,105)(H3,76,87,91,106)/p-7/t28-,29?,30?,31?,32?,33?,34?,35?,36-,37-,38-,39-,40-,41-,42-,43-,44-,45-,46-,47-,48-,137?,138?,139?,140?,141?,142?,143?/m1/s1. The molecule has 12 aromatic heterocycles. The topological polar surface area (TPSA) is 887 Å². The van der Waals surface area contributed by atoms with E-state index in [0.29, 0.717) is 0 Å². The Morgan fingerprint density at radius 1 is 0.347 bits per heavy atom. The Morgan fingerprint density at radius 3 is 0.907 bits per heavy atom. The Labute approximate surface area is 871 Å². The fourth-order valence-electron chi connectivity index (χ4n) is 17.6. The van der Waals surface area contributed by atoms with E-state index in [1.54, 1.807) is 6.92 Å². The van der Waals surface area contributed by atoms with Crippen LogP contribution in [0.4, 0.5) is 29.6 Å². The second-order valence-electron chi connectivity index (χ2n) is 34.5. The predicted molar refractivity (Wildman–Crippen MR) is 525 cm³/mol. The van der Waals surface area contributed by atoms with E-state index in [2.05, 4.69) is 84.7 Å². The average molecular weight is 2360 g/mol. The van der Waals surface area contributed by atoms with E-state index >= 15 is 9.79 Å². The largest absolute Gasteiger partial charge is 0.780 e. The molecule has 0 aromatic carbocycles. The number of rotatable bonds is 40. The number of ether oxygens (including phenoxy) is 7. The first-order chi connectivity index (χ1) is 70.8. The van der Waals surface area contributed by atoms with Crippen molar-refractivity contribution in [3.05, 3.63) is 145 Å². The zero-order chi connectivity index (χ0) is 107. The predicted octanol–water partition coefficient (Wildman–Crippen LogP) is -4.37. The van der Waals surface area contributed by atoms with Crippen LogP contribution >= 0.6 is 47.1 Å². The number of nitrogen functional groups attached to an aromatic ring is 5. The van der Waals surface area contributed by atoms with Crippen molar-refractivity contribution >= 4 is 216 Å². The molecule has 28 atom stereocenters. The summed E-state index contributed by atoms with van der Waals surface area (Å²) >= 11 is 38.2. The molecule has 79 heteroatoms. The summed E-state index contributed by atoms with van der Waals surface area (Å²) in [6, 6.07) is 0. The third-order valence-corrected chi connectivity index (χ3v) is 35.6. The fourth-order valence-corrected chi connectivity index (χ4v) is 27.3. The molecular formula is C71H83N29O36P7S7-7. The lowest BCUT2D eigenvalue weighted by Crippen LogP contribution is -2.34. The van der Waals surface area contributed by atoms with Gasteiger partial charge in [-0.15, -0.1) is 0 Å². The van der Waals surface area contributed by atoms with Gasteiger partial charge in [-0.05, 0) is 20.8 Å². The van der Waals surface area contributed by atoms with Crippen molar-refractivity contribution in [3.63, 3.8) is 0 Å². The summed E-state index contributed by atoms with van der Waals surface area (Å²) in [7, 11) is 1.06. The van der Waals surface area contributed by atoms with E-state index < -0.39 is 280 Å². The number of aryl methyl sites for hydroxylation is 2. The highest BCUT2D eigenvalue weighted by Crippen LogP contribution is 2.57. The number of aromatic amines is 6. The minimum atomic E-state index is -5.10. The van der Waals surface area contributed by atoms with Gasteiger partial charge in [0.25, 0.3) is 33.4 Å². The molecule has 7 saturated heterocycles. The summed E-state index contributed by atoms with van der Waals surface area (Å²) < 4.78 is 150. The van der Waals surface area contributed by atoms with Gasteiger partial charge in [-0.1, -0.05) is 70.8 Å². The molecule has 0 aliphatic carbocycles. The van der Waals surface area contributed by atoms with Gasteiger partial charge < -0.3 is 167 Å². The van der Waals surface area contributed by atoms with Gasteiger partial charge in [-0.25, -0.2) is 44.5 Å². The average Bonchev–Trinajstić information content (AvgIpc) is 1.63. The summed E-state index contributed by atoms with van der Waals surface area (Å²) in [5.74, 6) is -1.35. The number of H-pyrrole nitrogens is 6. The number of hydrogen-bond donors (Lipinski definition) is 11. The molecule has 7 fully saturated rings. The van der Waals surface area contributed by atoms with Gasteiger partial charge in [0, 0.05) is 75.6 Å². The van der Waals surface area contributed by atoms with Crippen LogP contribution < -0.4 is 103 Å². The van der Waals surface area contributed by atoms with Crippen molar-refractivity contribution in [2.45, 2.75) is 195 Å². The first-order valence-corrected chi connectivity index (χ1v) is 62.2. The molecule has 7 aliphatic rings. The molecule has 19 rings (SSSR count). The van der Waals surface area contributed by atoms with Crippen LogP contribution in [-0.4, -0.2) is 249 Å². The first-order valence-electron chi connectivity index (χ1n) is 44.3. The molecule has 0 bridgehead atoms. The molecule has 0 spiro atoms. The maximum atomic E-state index is 15.1. The van der Waals surface area contributed by atoms with Crippen LogP contribution in [0.1, 0.15) is 107 Å². The third-order valence-electron chi connectivity index (χ3n) is 24.5. The molecule has 150 heavy (non-hydrogen) atoms. The monoisotopic (exact) mass is 2360 g/mol. The van der Waals surface area contributed by atoms with Crippen molar-refractivity contribution in [3.8, 4) is 0 Å². The second-order valence-corrected chi connectivity index (χ2v) is 53.5. The van der Waals surface area contributed by atoms with Gasteiger partial charge in [0.1, 0.15) is 132 Å². The SMILES string of the molecule is COP([O-])(=S)OC1C[C@H](n2cnc3c(N)ncnc32)O[C@@H]1COP([O-])(=S)OC1C[C@H](n2cnc3c(=O)[nH]c(N)nc32)O[C@@H]1COP([O-])(=S)OC1C[C@H](n2cc(C)c(=O)[nH]c2=O)O[C@@H]1COP([O-])(=S)OC1C[C@H](n2cnc3c(=O)[nH]c(N)nc32)O[C@@H]1COP([O-])(=S)OC1C[C@H](n2cnc3c(=O)[nH]c(N)nc32)O[C@@H]1COP(=O)([S-])OC1C[C@H](n2cnc3c(=O)[nH]c(N)nc32)O[C@@H]1COP([O-])(=S)OC1C[C@H](n2cc(C)c(=O)[nH]c2=O)O[C@@H]1C. The van der Waals surface area contributed by atoms with E-state index in [0.717, 1.165) is 35.1 Å². The Balaban J connectivity index is 0.549. The van der Waals surface area contributed by atoms with Crippen molar-refractivity contribution in [2.24, 2.45) is 0 Å². The van der Waals surface area contributed by atoms with Gasteiger partial charge in [0.05, 0.1) is 120 Å². The van der Waals surface area contributed by atoms with Crippen molar-refractivity contribution in [1.82, 2.24) is 117 Å². The van der Waals surface area contributed by atoms with Crippen molar-refractivity contribution in [2.75, 3.05) is 75.4 Å². The van der Waals surface area contributed by atoms with Gasteiger partial charge in [0.2, 0.25) is 23.8 Å². The highest BCUT2D eigenvalue weighted by Gasteiger charge is 2.50. The number of fused-ring (bicyclic) bond motifs is 5. The first kappa shape index (κ1) is 110. The zero-order valence-corrected chi connectivity index (χ0v) is 89.0. The molecule has 0 saturated carbocycles. The Hall–Kier alpha value is -8.29. The van der Waals surface area contributed by atoms with Gasteiger partial charge in [-0.3, -0.25) is 95.2 Å². The van der Waals surface area contributed by atoms with E-state index in [-0.39, 0.29) is 122 Å². The van der Waals surface area contributed by atoms with E-state index in [1.807, 2.05) is 0 Å². The normalized spacial score (nSPS) is 29.1. The second kappa shape index (κ2) is 43.3. The quantitative estimate of drug-likeness (QED) is 0.0128.